The highest BCUT2D eigenvalue weighted by atomic mass is 35.6. The number of alkyl carbamates (subject to hydrolysis) is 1. The molecule has 1 unspecified atom stereocenters. The summed E-state index contributed by atoms with van der Waals surface area (Å²) in [7, 11) is -2.34. The molecule has 3 N–H and O–H groups in total. The van der Waals surface area contributed by atoms with E-state index >= 15 is 0 Å². The molecule has 2 heterocycles. The highest BCUT2D eigenvalue weighted by molar-refractivity contribution is 7.91. The third-order valence-corrected chi connectivity index (χ3v) is 13.2. The van der Waals surface area contributed by atoms with E-state index in [4.69, 9.17) is 49.0 Å². The van der Waals surface area contributed by atoms with Crippen LogP contribution in [0, 0.1) is 11.3 Å². The van der Waals surface area contributed by atoms with E-state index in [2.05, 4.69) is 20.3 Å². The highest BCUT2D eigenvalue weighted by Gasteiger charge is 2.62. The molecule has 1 aliphatic heterocycles. The summed E-state index contributed by atoms with van der Waals surface area (Å²) in [5.74, 6) is -1.55. The van der Waals surface area contributed by atoms with Gasteiger partial charge in [0, 0.05) is 18.0 Å². The van der Waals surface area contributed by atoms with E-state index in [1.807, 2.05) is 13.0 Å². The van der Waals surface area contributed by atoms with Gasteiger partial charge in [0.1, 0.15) is 29.5 Å². The first-order valence-electron chi connectivity index (χ1n) is 17.4. The third-order valence-electron chi connectivity index (χ3n) is 10.0. The van der Waals surface area contributed by atoms with Crippen LogP contribution in [0.25, 0.3) is 10.8 Å². The van der Waals surface area contributed by atoms with Gasteiger partial charge in [0.05, 0.1) is 18.9 Å². The van der Waals surface area contributed by atoms with Gasteiger partial charge in [0.15, 0.2) is 5.60 Å². The summed E-state index contributed by atoms with van der Waals surface area (Å²) in [4.78, 5) is 61.2. The van der Waals surface area contributed by atoms with Crippen LogP contribution in [0.2, 0.25) is 0 Å². The number of nitrogens with one attached hydrogen (secondary N) is 3. The van der Waals surface area contributed by atoms with Gasteiger partial charge < -0.3 is 29.7 Å². The Kier molecular flexibility index (Phi) is 11.4. The molecule has 5 rings (SSSR count). The lowest BCUT2D eigenvalue weighted by atomic mass is 9.85. The maximum atomic E-state index is 14.5. The van der Waals surface area contributed by atoms with Gasteiger partial charge in [-0.3, -0.25) is 19.1 Å². The Hall–Kier alpha value is -3.27. The Morgan fingerprint density at radius 1 is 1.08 bits per heavy atom. The molecular weight excluding hydrogens is 773 g/mol. The summed E-state index contributed by atoms with van der Waals surface area (Å²) >= 11 is 18.1. The number of hydrogen-bond donors (Lipinski definition) is 3. The molecule has 4 amide bonds. The van der Waals surface area contributed by atoms with Gasteiger partial charge in [-0.15, -0.1) is 0 Å². The molecule has 0 bridgehead atoms. The smallest absolute Gasteiger partial charge is 0.408 e. The summed E-state index contributed by atoms with van der Waals surface area (Å²) in [5, 5.41) is 6.24. The summed E-state index contributed by atoms with van der Waals surface area (Å²) in [6.07, 6.45) is 1.40. The van der Waals surface area contributed by atoms with Crippen LogP contribution < -0.4 is 24.8 Å². The van der Waals surface area contributed by atoms with Crippen LogP contribution in [0.4, 0.5) is 4.79 Å². The molecular formula is C35H46Cl3N5O9S. The fourth-order valence-electron chi connectivity index (χ4n) is 6.43. The molecule has 1 aromatic carbocycles. The van der Waals surface area contributed by atoms with E-state index in [0.29, 0.717) is 30.4 Å². The van der Waals surface area contributed by atoms with Crippen molar-refractivity contribution in [1.29, 1.82) is 0 Å². The maximum absolute atomic E-state index is 14.5. The maximum Gasteiger partial charge on any atom is 0.408 e. The first kappa shape index (κ1) is 40.9. The predicted octanol–water partition coefficient (Wildman–Crippen LogP) is 4.77. The zero-order valence-corrected chi connectivity index (χ0v) is 33.7. The molecule has 14 nitrogen and oxygen atoms in total. The quantitative estimate of drug-likeness (QED) is 0.252. The number of rotatable bonds is 12. The lowest BCUT2D eigenvalue weighted by Gasteiger charge is -2.37. The van der Waals surface area contributed by atoms with Crippen molar-refractivity contribution in [2.24, 2.45) is 11.3 Å². The number of nitrogens with zero attached hydrogens (tertiary/aromatic N) is 2. The number of benzene rings is 1. The van der Waals surface area contributed by atoms with Gasteiger partial charge in [0.25, 0.3) is 5.91 Å². The molecule has 1 aromatic heterocycles. The van der Waals surface area contributed by atoms with Crippen LogP contribution in [0.15, 0.2) is 30.5 Å². The molecule has 18 heteroatoms. The van der Waals surface area contributed by atoms with E-state index in [1.165, 1.54) is 18.7 Å². The minimum atomic E-state index is -3.89. The van der Waals surface area contributed by atoms with Crippen LogP contribution >= 0.6 is 34.8 Å². The lowest BCUT2D eigenvalue weighted by Crippen LogP contribution is -2.60. The molecule has 3 fully saturated rings. The average molecular weight is 819 g/mol. The van der Waals surface area contributed by atoms with Crippen LogP contribution in [0.3, 0.4) is 0 Å². The number of carbonyl (C=O) groups excluding carboxylic acids is 4. The largest absolute Gasteiger partial charge is 0.497 e. The third kappa shape index (κ3) is 8.84. The van der Waals surface area contributed by atoms with Gasteiger partial charge in [-0.05, 0) is 74.1 Å². The topological polar surface area (TPSA) is 182 Å². The Labute approximate surface area is 324 Å². The van der Waals surface area contributed by atoms with Crippen LogP contribution in [-0.2, 0) is 29.1 Å². The zero-order valence-electron chi connectivity index (χ0n) is 30.6. The molecule has 1 saturated heterocycles. The monoisotopic (exact) mass is 817 g/mol. The summed E-state index contributed by atoms with van der Waals surface area (Å²) < 4.78 is 42.7. The number of sulfonamides is 1. The second-order valence-electron chi connectivity index (χ2n) is 15.5. The number of methoxy groups -OCH3 is 1. The van der Waals surface area contributed by atoms with Gasteiger partial charge in [-0.1, -0.05) is 68.9 Å². The van der Waals surface area contributed by atoms with Crippen molar-refractivity contribution in [3.63, 3.8) is 0 Å². The fraction of sp³-hybridized carbons (Fsp3) is 0.629. The number of likely N-dealkylation sites (tertiary alicyclic amines) is 1. The number of ether oxygens (including phenoxy) is 3. The number of fused-ring (bicyclic) bond motifs is 1. The molecule has 53 heavy (non-hydrogen) atoms. The predicted molar refractivity (Wildman–Crippen MR) is 199 cm³/mol. The molecule has 0 spiro atoms. The van der Waals surface area contributed by atoms with E-state index in [1.54, 1.807) is 52.3 Å². The zero-order chi connectivity index (χ0) is 39.3. The van der Waals surface area contributed by atoms with Crippen molar-refractivity contribution in [1.82, 2.24) is 25.2 Å². The summed E-state index contributed by atoms with van der Waals surface area (Å²) in [5.41, 5.74) is -3.98. The second kappa shape index (κ2) is 14.8. The number of halogens is 3. The van der Waals surface area contributed by atoms with Crippen molar-refractivity contribution >= 4 is 79.4 Å². The van der Waals surface area contributed by atoms with E-state index in [-0.39, 0.29) is 31.2 Å². The number of hydrogen-bond acceptors (Lipinski definition) is 10. The van der Waals surface area contributed by atoms with Crippen molar-refractivity contribution in [3.05, 3.63) is 30.5 Å². The standard InChI is InChI=1S/C35H46Cl3N5O9S/c1-8-20-17-34(20,30(46)42-53(48,49)23-10-11-23)41-27(44)25-16-22(51-28-24-12-9-21(50-7)15-19(24)13-14-39-28)18-43(25)29(45)26(32(2,3)4)40-31(47)52-33(5,6)35(36,37)38/h9,12-15,20,22-23,25-26H,8,10-11,16-18H2,1-7H3,(H,40,47)(H,41,44)(H,42,46)/t20-,22-,25?,26-,34-/m1/s1. The number of aromatic nitrogens is 1. The SMILES string of the molecule is CC[C@@H]1C[C@]1(NC(=O)C1C[C@@H](Oc2nccc3cc(OC)ccc23)CN1C(=O)[C@@H](NC(=O)OC(C)(C)C(Cl)(Cl)Cl)C(C)(C)C)C(=O)NS(=O)(=O)C1CC1. The lowest BCUT2D eigenvalue weighted by molar-refractivity contribution is -0.143. The average Bonchev–Trinajstić information content (AvgIpc) is 3.98. The molecule has 0 radical (unpaired) electrons. The second-order valence-corrected chi connectivity index (χ2v) is 19.7. The first-order chi connectivity index (χ1) is 24.5. The van der Waals surface area contributed by atoms with Crippen LogP contribution in [0.5, 0.6) is 11.6 Å². The number of amides is 4. The molecule has 2 saturated carbocycles. The highest BCUT2D eigenvalue weighted by Crippen LogP contribution is 2.47. The van der Waals surface area contributed by atoms with Crippen molar-refractivity contribution in [2.45, 2.75) is 112 Å². The molecule has 5 atom stereocenters. The van der Waals surface area contributed by atoms with Crippen molar-refractivity contribution in [2.75, 3.05) is 13.7 Å². The molecule has 2 aromatic rings. The Morgan fingerprint density at radius 3 is 2.32 bits per heavy atom. The van der Waals surface area contributed by atoms with Gasteiger partial charge in [-0.25, -0.2) is 18.2 Å². The molecule has 3 aliphatic rings. The minimum absolute atomic E-state index is 0.0116. The summed E-state index contributed by atoms with van der Waals surface area (Å²) in [6.45, 7) is 9.71. The van der Waals surface area contributed by atoms with Gasteiger partial charge in [-0.2, -0.15) is 0 Å². The Balaban J connectivity index is 1.44. The molecule has 292 valence electrons. The number of carbonyl (C=O) groups is 4. The minimum Gasteiger partial charge on any atom is -0.497 e. The van der Waals surface area contributed by atoms with Gasteiger partial charge >= 0.3 is 6.09 Å². The number of alkyl halides is 3. The first-order valence-corrected chi connectivity index (χ1v) is 20.0. The number of pyridine rings is 1. The van der Waals surface area contributed by atoms with Crippen molar-refractivity contribution < 1.29 is 41.8 Å². The van der Waals surface area contributed by atoms with E-state index < -0.39 is 77.6 Å². The molecule has 2 aliphatic carbocycles. The van der Waals surface area contributed by atoms with E-state index in [0.717, 1.165) is 5.39 Å². The Morgan fingerprint density at radius 2 is 1.75 bits per heavy atom. The van der Waals surface area contributed by atoms with Crippen molar-refractivity contribution in [3.8, 4) is 11.6 Å². The Bertz CT molecular complexity index is 1880. The van der Waals surface area contributed by atoms with Crippen LogP contribution in [0.1, 0.15) is 73.6 Å². The van der Waals surface area contributed by atoms with Crippen LogP contribution in [-0.4, -0.2) is 94.1 Å². The normalized spacial score (nSPS) is 23.9. The van der Waals surface area contributed by atoms with Gasteiger partial charge in [0.2, 0.25) is 31.5 Å². The van der Waals surface area contributed by atoms with E-state index in [9.17, 15) is 27.6 Å². The fourth-order valence-corrected chi connectivity index (χ4v) is 7.91. The summed E-state index contributed by atoms with van der Waals surface area (Å²) in [6, 6.07) is 4.73.